The molecular weight excluding hydrogens is 592 g/mol. The van der Waals surface area contributed by atoms with E-state index in [0.29, 0.717) is 13.1 Å². The maximum Gasteiger partial charge on any atom is 0.251 e. The number of sulfonamides is 1. The molecule has 3 N–H and O–H groups in total. The van der Waals surface area contributed by atoms with Crippen molar-refractivity contribution in [1.82, 2.24) is 16.0 Å². The van der Waals surface area contributed by atoms with Crippen molar-refractivity contribution < 1.29 is 18.0 Å². The quantitative estimate of drug-likeness (QED) is 0.175. The molecule has 8 nitrogen and oxygen atoms in total. The highest BCUT2D eigenvalue weighted by atomic mass is 79.9. The topological polar surface area (TPSA) is 108 Å². The van der Waals surface area contributed by atoms with Gasteiger partial charge in [0.15, 0.2) is 0 Å². The average molecular weight is 634 g/mol. The molecule has 0 saturated carbocycles. The SMILES string of the molecule is C/C=C\CCC/C=C/CS(=O)(=O)N(C)c1cc(C(=O)NCCNC(C)C)cc(C(=O)NCc2ccc(Br)cc2)c1. The number of rotatable bonds is 16. The van der Waals surface area contributed by atoms with E-state index in [1.807, 2.05) is 57.2 Å². The standard InChI is InChI=1S/C30H41BrN4O4S/c1-5-6-7-8-9-10-11-18-40(38,39)35(4)28-20-25(29(36)33-17-16-32-23(2)3)19-26(21-28)30(37)34-22-24-12-14-27(31)15-13-24/h5-6,10-15,19-21,23,32H,7-9,16-18,22H2,1-4H3,(H,33,36)(H,34,37)/b6-5-,11-10+. The number of anilines is 1. The van der Waals surface area contributed by atoms with Crippen molar-refractivity contribution in [3.63, 3.8) is 0 Å². The Hall–Kier alpha value is -2.95. The van der Waals surface area contributed by atoms with Crippen molar-refractivity contribution in [3.05, 3.63) is 87.9 Å². The van der Waals surface area contributed by atoms with Crippen LogP contribution in [0.15, 0.2) is 71.2 Å². The summed E-state index contributed by atoms with van der Waals surface area (Å²) in [5.74, 6) is -0.983. The third kappa shape index (κ3) is 11.7. The van der Waals surface area contributed by atoms with E-state index < -0.39 is 15.9 Å². The second-order valence-electron chi connectivity index (χ2n) is 9.66. The molecule has 0 unspecified atom stereocenters. The molecule has 0 aliphatic carbocycles. The molecule has 0 fully saturated rings. The number of unbranched alkanes of at least 4 members (excludes halogenated alkanes) is 2. The van der Waals surface area contributed by atoms with Crippen LogP contribution in [0, 0.1) is 0 Å². The molecule has 0 heterocycles. The number of benzene rings is 2. The van der Waals surface area contributed by atoms with Gasteiger partial charge in [-0.2, -0.15) is 0 Å². The first-order valence-corrected chi connectivity index (χ1v) is 15.9. The summed E-state index contributed by atoms with van der Waals surface area (Å²) in [5.41, 5.74) is 1.54. The summed E-state index contributed by atoms with van der Waals surface area (Å²) in [6.07, 6.45) is 10.3. The van der Waals surface area contributed by atoms with Crippen LogP contribution in [0.2, 0.25) is 0 Å². The highest BCUT2D eigenvalue weighted by Crippen LogP contribution is 2.22. The number of carbonyl (C=O) groups is 2. The van der Waals surface area contributed by atoms with Crippen molar-refractivity contribution in [2.75, 3.05) is 30.2 Å². The van der Waals surface area contributed by atoms with Crippen molar-refractivity contribution in [2.24, 2.45) is 0 Å². The maximum absolute atomic E-state index is 13.1. The monoisotopic (exact) mass is 632 g/mol. The summed E-state index contributed by atoms with van der Waals surface area (Å²) in [4.78, 5) is 26.1. The van der Waals surface area contributed by atoms with Crippen molar-refractivity contribution in [2.45, 2.75) is 52.6 Å². The van der Waals surface area contributed by atoms with Crippen LogP contribution >= 0.6 is 15.9 Å². The zero-order chi connectivity index (χ0) is 29.5. The van der Waals surface area contributed by atoms with Gasteiger partial charge in [0.05, 0.1) is 11.4 Å². The molecule has 2 aromatic carbocycles. The maximum atomic E-state index is 13.1. The first kappa shape index (κ1) is 33.3. The number of amides is 2. The number of hydrogen-bond acceptors (Lipinski definition) is 5. The molecule has 0 atom stereocenters. The van der Waals surface area contributed by atoms with E-state index in [2.05, 4.69) is 38.0 Å². The van der Waals surface area contributed by atoms with Crippen LogP contribution in [-0.4, -0.2) is 52.2 Å². The van der Waals surface area contributed by atoms with Gasteiger partial charge in [0.25, 0.3) is 11.8 Å². The Kier molecular flexibility index (Phi) is 14.1. The molecule has 0 radical (unpaired) electrons. The fourth-order valence-corrected chi connectivity index (χ4v) is 4.97. The molecule has 0 aromatic heterocycles. The van der Waals surface area contributed by atoms with Gasteiger partial charge in [-0.3, -0.25) is 13.9 Å². The minimum Gasteiger partial charge on any atom is -0.351 e. The van der Waals surface area contributed by atoms with Gasteiger partial charge in [-0.25, -0.2) is 8.42 Å². The first-order valence-electron chi connectivity index (χ1n) is 13.5. The van der Waals surface area contributed by atoms with Crippen LogP contribution in [0.4, 0.5) is 5.69 Å². The van der Waals surface area contributed by atoms with Crippen LogP contribution in [0.25, 0.3) is 0 Å². The minimum absolute atomic E-state index is 0.185. The number of nitrogens with zero attached hydrogens (tertiary/aromatic N) is 1. The van der Waals surface area contributed by atoms with Crippen LogP contribution in [0.1, 0.15) is 66.3 Å². The summed E-state index contributed by atoms with van der Waals surface area (Å²) in [7, 11) is -2.30. The highest BCUT2D eigenvalue weighted by molar-refractivity contribution is 9.10. The molecule has 2 aromatic rings. The molecular formula is C30H41BrN4O4S. The smallest absolute Gasteiger partial charge is 0.251 e. The molecule has 0 bridgehead atoms. The lowest BCUT2D eigenvalue weighted by molar-refractivity contribution is 0.0950. The van der Waals surface area contributed by atoms with E-state index in [-0.39, 0.29) is 41.1 Å². The Morgan fingerprint density at radius 3 is 2.17 bits per heavy atom. The first-order chi connectivity index (χ1) is 19.0. The molecule has 2 rings (SSSR count). The lowest BCUT2D eigenvalue weighted by atomic mass is 10.1. The second-order valence-corrected chi connectivity index (χ2v) is 12.6. The summed E-state index contributed by atoms with van der Waals surface area (Å²) in [6, 6.07) is 12.3. The van der Waals surface area contributed by atoms with Crippen LogP contribution in [-0.2, 0) is 16.6 Å². The number of halogens is 1. The molecule has 218 valence electrons. The zero-order valence-electron chi connectivity index (χ0n) is 23.7. The van der Waals surface area contributed by atoms with E-state index in [0.717, 1.165) is 33.6 Å². The second kappa shape index (κ2) is 17.0. The summed E-state index contributed by atoms with van der Waals surface area (Å²) < 4.78 is 28.2. The van der Waals surface area contributed by atoms with Gasteiger partial charge < -0.3 is 16.0 Å². The van der Waals surface area contributed by atoms with E-state index >= 15 is 0 Å². The largest absolute Gasteiger partial charge is 0.351 e. The van der Waals surface area contributed by atoms with E-state index in [1.165, 1.54) is 25.2 Å². The summed E-state index contributed by atoms with van der Waals surface area (Å²) in [5, 5.41) is 8.91. The van der Waals surface area contributed by atoms with Gasteiger partial charge in [-0.15, -0.1) is 0 Å². The van der Waals surface area contributed by atoms with Gasteiger partial charge in [0, 0.05) is 48.3 Å². The predicted octanol–water partition coefficient (Wildman–Crippen LogP) is 5.18. The van der Waals surface area contributed by atoms with Crippen molar-refractivity contribution in [3.8, 4) is 0 Å². The zero-order valence-corrected chi connectivity index (χ0v) is 26.1. The Morgan fingerprint density at radius 1 is 0.925 bits per heavy atom. The molecule has 0 saturated heterocycles. The van der Waals surface area contributed by atoms with Gasteiger partial charge in [0.2, 0.25) is 10.0 Å². The Bertz CT molecular complexity index is 1280. The molecule has 0 spiro atoms. The number of carbonyl (C=O) groups excluding carboxylic acids is 2. The van der Waals surface area contributed by atoms with Gasteiger partial charge >= 0.3 is 0 Å². The van der Waals surface area contributed by atoms with Crippen LogP contribution in [0.5, 0.6) is 0 Å². The normalized spacial score (nSPS) is 11.8. The predicted molar refractivity (Wildman–Crippen MR) is 167 cm³/mol. The van der Waals surface area contributed by atoms with E-state index in [1.54, 1.807) is 6.08 Å². The Morgan fingerprint density at radius 2 is 1.55 bits per heavy atom. The number of nitrogens with one attached hydrogen (secondary N) is 3. The molecule has 10 heteroatoms. The van der Waals surface area contributed by atoms with Gasteiger partial charge in [-0.1, -0.05) is 66.2 Å². The lowest BCUT2D eigenvalue weighted by Crippen LogP contribution is -2.35. The third-order valence-corrected chi connectivity index (χ3v) is 8.19. The van der Waals surface area contributed by atoms with Crippen molar-refractivity contribution >= 4 is 43.5 Å². The number of hydrogen-bond donors (Lipinski definition) is 3. The average Bonchev–Trinajstić information content (AvgIpc) is 2.93. The van der Waals surface area contributed by atoms with Crippen molar-refractivity contribution in [1.29, 1.82) is 0 Å². The van der Waals surface area contributed by atoms with Gasteiger partial charge in [-0.05, 0) is 62.1 Å². The van der Waals surface area contributed by atoms with Crippen LogP contribution in [0.3, 0.4) is 0 Å². The molecule has 40 heavy (non-hydrogen) atoms. The summed E-state index contributed by atoms with van der Waals surface area (Å²) in [6.45, 7) is 7.25. The molecule has 0 aliphatic heterocycles. The molecule has 2 amide bonds. The van der Waals surface area contributed by atoms with Crippen LogP contribution < -0.4 is 20.3 Å². The minimum atomic E-state index is -3.73. The highest BCUT2D eigenvalue weighted by Gasteiger charge is 2.21. The fourth-order valence-electron chi connectivity index (χ4n) is 3.68. The van der Waals surface area contributed by atoms with E-state index in [9.17, 15) is 18.0 Å². The van der Waals surface area contributed by atoms with E-state index in [4.69, 9.17) is 0 Å². The van der Waals surface area contributed by atoms with Gasteiger partial charge in [0.1, 0.15) is 0 Å². The Balaban J connectivity index is 2.23. The summed E-state index contributed by atoms with van der Waals surface area (Å²) >= 11 is 3.39. The Labute approximate surface area is 247 Å². The lowest BCUT2D eigenvalue weighted by Gasteiger charge is -2.20. The fraction of sp³-hybridized carbons (Fsp3) is 0.400. The molecule has 0 aliphatic rings. The third-order valence-electron chi connectivity index (χ3n) is 6.00. The number of allylic oxidation sites excluding steroid dienone is 3.